The summed E-state index contributed by atoms with van der Waals surface area (Å²) in [7, 11) is 1.59. The van der Waals surface area contributed by atoms with Crippen LogP contribution in [-0.4, -0.2) is 38.5 Å². The van der Waals surface area contributed by atoms with E-state index in [1.807, 2.05) is 36.4 Å². The minimum atomic E-state index is -0.104. The predicted molar refractivity (Wildman–Crippen MR) is 118 cm³/mol. The zero-order valence-corrected chi connectivity index (χ0v) is 17.8. The first-order chi connectivity index (χ1) is 14.8. The molecule has 0 aliphatic heterocycles. The summed E-state index contributed by atoms with van der Waals surface area (Å²) in [6.07, 6.45) is 9.43. The van der Waals surface area contributed by atoms with Crippen molar-refractivity contribution in [3.05, 3.63) is 48.8 Å². The van der Waals surface area contributed by atoms with Crippen LogP contribution in [0.4, 0.5) is 5.69 Å². The number of ether oxygens (including phenoxy) is 1. The number of anilines is 1. The molecule has 2 heterocycles. The topological polar surface area (TPSA) is 81.9 Å². The van der Waals surface area contributed by atoms with E-state index in [9.17, 15) is 4.79 Å². The molecule has 1 fully saturated rings. The Bertz CT molecular complexity index is 986. The quantitative estimate of drug-likeness (QED) is 0.560. The van der Waals surface area contributed by atoms with Gasteiger partial charge in [-0.25, -0.2) is 0 Å². The first-order valence-electron chi connectivity index (χ1n) is 10.2. The number of carbonyl (C=O) groups excluding carboxylic acids is 1. The largest absolute Gasteiger partial charge is 0.495 e. The van der Waals surface area contributed by atoms with E-state index in [4.69, 9.17) is 4.74 Å². The minimum Gasteiger partial charge on any atom is -0.495 e. The molecule has 8 heteroatoms. The maximum Gasteiger partial charge on any atom is 0.234 e. The maximum atomic E-state index is 12.6. The lowest BCUT2D eigenvalue weighted by Crippen LogP contribution is -2.17. The molecule has 3 aromatic rings. The second-order valence-corrected chi connectivity index (χ2v) is 8.18. The minimum absolute atomic E-state index is 0.104. The van der Waals surface area contributed by atoms with E-state index in [0.29, 0.717) is 17.5 Å². The zero-order chi connectivity index (χ0) is 20.8. The van der Waals surface area contributed by atoms with E-state index < -0.39 is 0 Å². The number of carbonyl (C=O) groups is 1. The van der Waals surface area contributed by atoms with Gasteiger partial charge >= 0.3 is 0 Å². The molecule has 1 aliphatic carbocycles. The molecule has 7 nitrogen and oxygen atoms in total. The summed E-state index contributed by atoms with van der Waals surface area (Å²) in [6, 6.07) is 11.6. The van der Waals surface area contributed by atoms with Crippen LogP contribution in [0.15, 0.2) is 53.9 Å². The molecule has 156 valence electrons. The van der Waals surface area contributed by atoms with Crippen LogP contribution in [0, 0.1) is 0 Å². The van der Waals surface area contributed by atoms with Crippen molar-refractivity contribution < 1.29 is 9.53 Å². The van der Waals surface area contributed by atoms with Crippen LogP contribution in [0.1, 0.15) is 38.1 Å². The van der Waals surface area contributed by atoms with Gasteiger partial charge in [0, 0.05) is 24.0 Å². The number of nitrogens with one attached hydrogen (secondary N) is 1. The molecule has 1 aliphatic rings. The van der Waals surface area contributed by atoms with Gasteiger partial charge in [-0.1, -0.05) is 43.2 Å². The third-order valence-corrected chi connectivity index (χ3v) is 6.20. The summed E-state index contributed by atoms with van der Waals surface area (Å²) in [5.74, 6) is 1.63. The Balaban J connectivity index is 1.52. The first-order valence-corrected chi connectivity index (χ1v) is 11.2. The smallest absolute Gasteiger partial charge is 0.234 e. The lowest BCUT2D eigenvalue weighted by atomic mass is 9.95. The number of para-hydroxylation sites is 2. The van der Waals surface area contributed by atoms with Crippen molar-refractivity contribution in [3.63, 3.8) is 0 Å². The van der Waals surface area contributed by atoms with E-state index >= 15 is 0 Å². The average Bonchev–Trinajstić information content (AvgIpc) is 3.23. The summed E-state index contributed by atoms with van der Waals surface area (Å²) < 4.78 is 7.52. The van der Waals surface area contributed by atoms with E-state index in [1.165, 1.54) is 31.0 Å². The van der Waals surface area contributed by atoms with Gasteiger partial charge in [0.25, 0.3) is 0 Å². The van der Waals surface area contributed by atoms with Crippen molar-refractivity contribution >= 4 is 23.4 Å². The molecular formula is C22H25N5O2S. The van der Waals surface area contributed by atoms with E-state index in [0.717, 1.165) is 29.4 Å². The Labute approximate surface area is 180 Å². The average molecular weight is 424 g/mol. The number of benzene rings is 1. The lowest BCUT2D eigenvalue weighted by Gasteiger charge is -2.25. The Kier molecular flexibility index (Phi) is 6.63. The standard InChI is InChI=1S/C22H25N5O2S/c1-29-19-10-6-5-9-18(19)24-20(28)15-30-22-26-25-21(16-11-13-23-14-12-16)27(22)17-7-3-2-4-8-17/h5-6,9-14,17H,2-4,7-8,15H2,1H3,(H,24,28). The van der Waals surface area contributed by atoms with Crippen molar-refractivity contribution in [3.8, 4) is 17.1 Å². The SMILES string of the molecule is COc1ccccc1NC(=O)CSc1nnc(-c2ccncc2)n1C1CCCCC1. The van der Waals surface area contributed by atoms with Crippen LogP contribution in [0.5, 0.6) is 5.75 Å². The summed E-state index contributed by atoms with van der Waals surface area (Å²) >= 11 is 1.42. The van der Waals surface area contributed by atoms with Gasteiger partial charge in [0.15, 0.2) is 11.0 Å². The molecule has 4 rings (SSSR count). The molecule has 0 spiro atoms. The third-order valence-electron chi connectivity index (χ3n) is 5.26. The molecule has 2 aromatic heterocycles. The van der Waals surface area contributed by atoms with Crippen LogP contribution < -0.4 is 10.1 Å². The summed E-state index contributed by atoms with van der Waals surface area (Å²) in [5.41, 5.74) is 1.66. The number of hydrogen-bond acceptors (Lipinski definition) is 6. The Morgan fingerprint density at radius 2 is 1.90 bits per heavy atom. The van der Waals surface area contributed by atoms with Gasteiger partial charge in [0.2, 0.25) is 5.91 Å². The van der Waals surface area contributed by atoms with Crippen molar-refractivity contribution in [2.75, 3.05) is 18.2 Å². The highest BCUT2D eigenvalue weighted by Crippen LogP contribution is 2.35. The number of nitrogens with zero attached hydrogens (tertiary/aromatic N) is 4. The molecule has 0 unspecified atom stereocenters. The molecule has 0 bridgehead atoms. The van der Waals surface area contributed by atoms with Gasteiger partial charge in [0.05, 0.1) is 18.6 Å². The summed E-state index contributed by atoms with van der Waals surface area (Å²) in [4.78, 5) is 16.7. The Morgan fingerprint density at radius 1 is 1.13 bits per heavy atom. The van der Waals surface area contributed by atoms with Gasteiger partial charge in [-0.05, 0) is 37.1 Å². The number of rotatable bonds is 7. The highest BCUT2D eigenvalue weighted by Gasteiger charge is 2.24. The highest BCUT2D eigenvalue weighted by molar-refractivity contribution is 7.99. The van der Waals surface area contributed by atoms with E-state index in [1.54, 1.807) is 19.5 Å². The normalized spacial score (nSPS) is 14.4. The molecule has 30 heavy (non-hydrogen) atoms. The summed E-state index contributed by atoms with van der Waals surface area (Å²) in [5, 5.41) is 12.6. The molecule has 0 radical (unpaired) electrons. The van der Waals surface area contributed by atoms with Gasteiger partial charge in [0.1, 0.15) is 5.75 Å². The monoisotopic (exact) mass is 423 g/mol. The maximum absolute atomic E-state index is 12.6. The molecule has 1 saturated carbocycles. The zero-order valence-electron chi connectivity index (χ0n) is 17.0. The fraction of sp³-hybridized carbons (Fsp3) is 0.364. The van der Waals surface area contributed by atoms with E-state index in [2.05, 4.69) is 25.1 Å². The van der Waals surface area contributed by atoms with Gasteiger partial charge in [-0.2, -0.15) is 0 Å². The van der Waals surface area contributed by atoms with Gasteiger partial charge < -0.3 is 10.1 Å². The van der Waals surface area contributed by atoms with Gasteiger partial charge in [-0.3, -0.25) is 14.3 Å². The number of thioether (sulfide) groups is 1. The first kappa shape index (κ1) is 20.4. The fourth-order valence-corrected chi connectivity index (χ4v) is 4.61. The second-order valence-electron chi connectivity index (χ2n) is 7.24. The number of methoxy groups -OCH3 is 1. The van der Waals surface area contributed by atoms with Crippen molar-refractivity contribution in [2.24, 2.45) is 0 Å². The van der Waals surface area contributed by atoms with Crippen LogP contribution in [0.2, 0.25) is 0 Å². The van der Waals surface area contributed by atoms with Crippen LogP contribution in [0.25, 0.3) is 11.4 Å². The number of pyridine rings is 1. The fourth-order valence-electron chi connectivity index (χ4n) is 3.81. The van der Waals surface area contributed by atoms with E-state index in [-0.39, 0.29) is 11.7 Å². The van der Waals surface area contributed by atoms with Crippen LogP contribution in [-0.2, 0) is 4.79 Å². The lowest BCUT2D eigenvalue weighted by molar-refractivity contribution is -0.113. The summed E-state index contributed by atoms with van der Waals surface area (Å²) in [6.45, 7) is 0. The highest BCUT2D eigenvalue weighted by atomic mass is 32.2. The second kappa shape index (κ2) is 9.75. The Morgan fingerprint density at radius 3 is 2.67 bits per heavy atom. The molecule has 1 aromatic carbocycles. The van der Waals surface area contributed by atoms with Crippen molar-refractivity contribution in [1.82, 2.24) is 19.7 Å². The van der Waals surface area contributed by atoms with Gasteiger partial charge in [-0.15, -0.1) is 10.2 Å². The molecule has 0 atom stereocenters. The molecule has 1 amide bonds. The molecule has 1 N–H and O–H groups in total. The van der Waals surface area contributed by atoms with Crippen LogP contribution in [0.3, 0.4) is 0 Å². The van der Waals surface area contributed by atoms with Crippen molar-refractivity contribution in [2.45, 2.75) is 43.3 Å². The third kappa shape index (κ3) is 4.64. The predicted octanol–water partition coefficient (Wildman–Crippen LogP) is 4.58. The molecular weight excluding hydrogens is 398 g/mol. The number of hydrogen-bond donors (Lipinski definition) is 1. The van der Waals surface area contributed by atoms with Crippen molar-refractivity contribution in [1.29, 1.82) is 0 Å². The number of amides is 1. The number of aromatic nitrogens is 4. The Hall–Kier alpha value is -2.87. The van der Waals surface area contributed by atoms with Crippen LogP contribution >= 0.6 is 11.8 Å². The molecule has 0 saturated heterocycles.